The number of hydrogen-bond donors (Lipinski definition) is 1. The highest BCUT2D eigenvalue weighted by molar-refractivity contribution is 6.09. The van der Waals surface area contributed by atoms with Crippen molar-refractivity contribution in [3.05, 3.63) is 35.5 Å². The monoisotopic (exact) mass is 381 g/mol. The third kappa shape index (κ3) is 2.54. The van der Waals surface area contributed by atoms with Crippen LogP contribution in [0.2, 0.25) is 0 Å². The van der Waals surface area contributed by atoms with Crippen LogP contribution in [-0.4, -0.2) is 47.5 Å². The second-order valence-corrected chi connectivity index (χ2v) is 7.89. The molecule has 1 aromatic carbocycles. The molecule has 1 N–H and O–H groups in total. The first-order valence-electron chi connectivity index (χ1n) is 8.96. The number of benzene rings is 1. The van der Waals surface area contributed by atoms with Gasteiger partial charge in [0.15, 0.2) is 0 Å². The summed E-state index contributed by atoms with van der Waals surface area (Å²) in [5.74, 6) is -2.66. The molecule has 1 spiro atoms. The highest BCUT2D eigenvalue weighted by atomic mass is 35.5. The normalized spacial score (nSPS) is 22.8. The Morgan fingerprint density at radius 1 is 1.15 bits per heavy atom. The molecule has 0 radical (unpaired) electrons. The molecule has 0 aliphatic carbocycles. The third-order valence-electron chi connectivity index (χ3n) is 5.94. The SMILES string of the molecule is Cl.O=C(c1c2n(c3ccccc13)CCC2)N1CC2(CNCC(F)(F)C2)C1. The molecular weight excluding hydrogens is 360 g/mol. The standard InChI is InChI=1S/C19H21F2N3O.ClH/c20-19(21)8-18(9-22-10-19)11-23(12-18)17(25)16-13-4-1-2-5-14(13)24-7-3-6-15(16)24;/h1-2,4-5,22H,3,6-12H2;1H. The first-order valence-corrected chi connectivity index (χ1v) is 8.96. The Labute approximate surface area is 156 Å². The number of hydrogen-bond acceptors (Lipinski definition) is 2. The van der Waals surface area contributed by atoms with Gasteiger partial charge in [0.25, 0.3) is 11.8 Å². The van der Waals surface area contributed by atoms with Crippen molar-refractivity contribution in [1.29, 1.82) is 0 Å². The van der Waals surface area contributed by atoms with E-state index in [9.17, 15) is 13.6 Å². The fourth-order valence-corrected chi connectivity index (χ4v) is 4.99. The Hall–Kier alpha value is -1.66. The lowest BCUT2D eigenvalue weighted by Gasteiger charge is -2.53. The van der Waals surface area contributed by atoms with E-state index in [0.717, 1.165) is 41.5 Å². The van der Waals surface area contributed by atoms with Crippen molar-refractivity contribution in [3.63, 3.8) is 0 Å². The molecule has 26 heavy (non-hydrogen) atoms. The van der Waals surface area contributed by atoms with Crippen LogP contribution < -0.4 is 5.32 Å². The number of aromatic nitrogens is 1. The molecule has 0 bridgehead atoms. The maximum atomic E-state index is 13.7. The van der Waals surface area contributed by atoms with Crippen molar-refractivity contribution in [1.82, 2.24) is 14.8 Å². The Bertz CT molecular complexity index is 873. The summed E-state index contributed by atoms with van der Waals surface area (Å²) in [7, 11) is 0. The van der Waals surface area contributed by atoms with E-state index < -0.39 is 11.3 Å². The predicted molar refractivity (Wildman–Crippen MR) is 98.3 cm³/mol. The summed E-state index contributed by atoms with van der Waals surface area (Å²) >= 11 is 0. The Morgan fingerprint density at radius 3 is 2.69 bits per heavy atom. The van der Waals surface area contributed by atoms with Crippen LogP contribution in [-0.2, 0) is 13.0 Å². The van der Waals surface area contributed by atoms with Crippen molar-refractivity contribution in [3.8, 4) is 0 Å². The van der Waals surface area contributed by atoms with Crippen LogP contribution in [0.15, 0.2) is 24.3 Å². The highest BCUT2D eigenvalue weighted by Crippen LogP contribution is 2.43. The Kier molecular flexibility index (Phi) is 4.04. The molecule has 3 aliphatic rings. The third-order valence-corrected chi connectivity index (χ3v) is 5.94. The highest BCUT2D eigenvalue weighted by Gasteiger charge is 2.53. The zero-order valence-electron chi connectivity index (χ0n) is 14.4. The van der Waals surface area contributed by atoms with E-state index in [1.807, 2.05) is 18.2 Å². The first kappa shape index (κ1) is 17.7. The number of halogens is 3. The van der Waals surface area contributed by atoms with E-state index in [4.69, 9.17) is 0 Å². The van der Waals surface area contributed by atoms with Crippen molar-refractivity contribution in [2.75, 3.05) is 26.2 Å². The number of piperidine rings is 1. The van der Waals surface area contributed by atoms with Gasteiger partial charge in [-0.3, -0.25) is 4.79 Å². The summed E-state index contributed by atoms with van der Waals surface area (Å²) in [6.07, 6.45) is 1.85. The summed E-state index contributed by atoms with van der Waals surface area (Å²) in [5, 5.41) is 3.84. The average Bonchev–Trinajstić information content (AvgIpc) is 3.11. The van der Waals surface area contributed by atoms with Crippen LogP contribution in [0.3, 0.4) is 0 Å². The maximum Gasteiger partial charge on any atom is 0.261 e. The van der Waals surface area contributed by atoms with Gasteiger partial charge in [-0.1, -0.05) is 18.2 Å². The van der Waals surface area contributed by atoms with Gasteiger partial charge < -0.3 is 14.8 Å². The number of carbonyl (C=O) groups excluding carboxylic acids is 1. The molecule has 1 aromatic heterocycles. The second-order valence-electron chi connectivity index (χ2n) is 7.89. The van der Waals surface area contributed by atoms with Crippen LogP contribution >= 0.6 is 12.4 Å². The fourth-order valence-electron chi connectivity index (χ4n) is 4.99. The number of rotatable bonds is 1. The lowest BCUT2D eigenvalue weighted by molar-refractivity contribution is -0.111. The smallest absolute Gasteiger partial charge is 0.261 e. The van der Waals surface area contributed by atoms with E-state index in [2.05, 4.69) is 16.0 Å². The molecule has 2 saturated heterocycles. The summed E-state index contributed by atoms with van der Waals surface area (Å²) in [6.45, 7) is 2.12. The van der Waals surface area contributed by atoms with Gasteiger partial charge in [-0.15, -0.1) is 12.4 Å². The molecule has 0 atom stereocenters. The van der Waals surface area contributed by atoms with E-state index in [0.29, 0.717) is 19.6 Å². The van der Waals surface area contributed by atoms with E-state index in [1.54, 1.807) is 4.90 Å². The zero-order valence-corrected chi connectivity index (χ0v) is 15.2. The van der Waals surface area contributed by atoms with Crippen LogP contribution in [0.4, 0.5) is 8.78 Å². The van der Waals surface area contributed by atoms with Crippen LogP contribution in [0.25, 0.3) is 10.9 Å². The number of fused-ring (bicyclic) bond motifs is 3. The fraction of sp³-hybridized carbons (Fsp3) is 0.526. The Morgan fingerprint density at radius 2 is 1.92 bits per heavy atom. The molecule has 7 heteroatoms. The molecule has 5 rings (SSSR count). The topological polar surface area (TPSA) is 37.3 Å². The van der Waals surface area contributed by atoms with Crippen LogP contribution in [0.5, 0.6) is 0 Å². The van der Waals surface area contributed by atoms with Crippen molar-refractivity contribution < 1.29 is 13.6 Å². The number of para-hydroxylation sites is 1. The minimum Gasteiger partial charge on any atom is -0.344 e. The lowest BCUT2D eigenvalue weighted by Crippen LogP contribution is -2.67. The van der Waals surface area contributed by atoms with E-state index in [-0.39, 0.29) is 31.3 Å². The van der Waals surface area contributed by atoms with Gasteiger partial charge in [-0.25, -0.2) is 8.78 Å². The van der Waals surface area contributed by atoms with Crippen LogP contribution in [0.1, 0.15) is 28.9 Å². The molecule has 3 aliphatic heterocycles. The average molecular weight is 382 g/mol. The molecule has 2 fully saturated rings. The predicted octanol–water partition coefficient (Wildman–Crippen LogP) is 3.08. The van der Waals surface area contributed by atoms with Crippen molar-refractivity contribution in [2.45, 2.75) is 31.7 Å². The minimum absolute atomic E-state index is 0. The number of alkyl halides is 2. The molecular formula is C19H22ClF2N3O. The molecule has 0 saturated carbocycles. The quantitative estimate of drug-likeness (QED) is 0.824. The van der Waals surface area contributed by atoms with Crippen molar-refractivity contribution in [2.24, 2.45) is 5.41 Å². The van der Waals surface area contributed by atoms with Gasteiger partial charge in [0.1, 0.15) is 0 Å². The van der Waals surface area contributed by atoms with Crippen molar-refractivity contribution >= 4 is 29.2 Å². The number of nitrogens with one attached hydrogen (secondary N) is 1. The first-order chi connectivity index (χ1) is 12.0. The molecule has 4 nitrogen and oxygen atoms in total. The summed E-state index contributed by atoms with van der Waals surface area (Å²) in [4.78, 5) is 14.9. The Balaban J connectivity index is 0.00000168. The largest absolute Gasteiger partial charge is 0.344 e. The van der Waals surface area contributed by atoms with Gasteiger partial charge in [-0.05, 0) is 18.9 Å². The lowest BCUT2D eigenvalue weighted by atomic mass is 9.72. The van der Waals surface area contributed by atoms with E-state index >= 15 is 0 Å². The molecule has 140 valence electrons. The summed E-state index contributed by atoms with van der Waals surface area (Å²) < 4.78 is 29.7. The molecule has 4 heterocycles. The molecule has 1 amide bonds. The minimum atomic E-state index is -2.67. The number of carbonyl (C=O) groups is 1. The van der Waals surface area contributed by atoms with Gasteiger partial charge in [0, 0.05) is 54.6 Å². The van der Waals surface area contributed by atoms with Crippen LogP contribution in [0, 0.1) is 5.41 Å². The maximum absolute atomic E-state index is 13.7. The summed E-state index contributed by atoms with van der Waals surface area (Å²) in [5.41, 5.74) is 2.55. The number of amides is 1. The van der Waals surface area contributed by atoms with Gasteiger partial charge in [0.2, 0.25) is 0 Å². The number of nitrogens with zero attached hydrogens (tertiary/aromatic N) is 2. The zero-order chi connectivity index (χ0) is 17.2. The van der Waals surface area contributed by atoms with Gasteiger partial charge in [-0.2, -0.15) is 0 Å². The van der Waals surface area contributed by atoms with Gasteiger partial charge >= 0.3 is 0 Å². The second kappa shape index (κ2) is 5.92. The molecule has 2 aromatic rings. The number of likely N-dealkylation sites (tertiary alicyclic amines) is 1. The summed E-state index contributed by atoms with van der Waals surface area (Å²) in [6, 6.07) is 8.01. The number of aryl methyl sites for hydroxylation is 1. The van der Waals surface area contributed by atoms with E-state index in [1.165, 1.54) is 0 Å². The molecule has 0 unspecified atom stereocenters. The van der Waals surface area contributed by atoms with Gasteiger partial charge in [0.05, 0.1) is 12.1 Å².